The molecule has 0 amide bonds. The Kier molecular flexibility index (Phi) is 3.61. The van der Waals surface area contributed by atoms with Crippen molar-refractivity contribution in [3.63, 3.8) is 0 Å². The molecule has 1 aromatic rings. The van der Waals surface area contributed by atoms with Gasteiger partial charge in [-0.15, -0.1) is 0 Å². The highest BCUT2D eigenvalue weighted by Crippen LogP contribution is 2.26. The van der Waals surface area contributed by atoms with E-state index >= 15 is 0 Å². The van der Waals surface area contributed by atoms with E-state index in [9.17, 15) is 13.5 Å². The third-order valence-corrected chi connectivity index (χ3v) is 5.27. The van der Waals surface area contributed by atoms with Gasteiger partial charge in [0, 0.05) is 18.8 Å². The number of nitrogens with zero attached hydrogens (tertiary/aromatic N) is 1. The Hall–Kier alpha value is -1.11. The van der Waals surface area contributed by atoms with Gasteiger partial charge in [-0.25, -0.2) is 8.42 Å². The Balaban J connectivity index is 2.20. The molecule has 0 radical (unpaired) electrons. The number of hydrogen-bond acceptors (Lipinski definition) is 4. The van der Waals surface area contributed by atoms with E-state index in [1.165, 1.54) is 16.4 Å². The first-order valence-corrected chi connectivity index (χ1v) is 7.39. The fourth-order valence-electron chi connectivity index (χ4n) is 2.15. The fourth-order valence-corrected chi connectivity index (χ4v) is 3.67. The number of anilines is 1. The van der Waals surface area contributed by atoms with Crippen LogP contribution in [0.25, 0.3) is 0 Å². The Morgan fingerprint density at radius 1 is 1.39 bits per heavy atom. The molecule has 1 aliphatic rings. The molecule has 0 aromatic heterocycles. The average molecular weight is 270 g/mol. The van der Waals surface area contributed by atoms with Crippen LogP contribution in [0.4, 0.5) is 5.69 Å². The quantitative estimate of drug-likeness (QED) is 0.790. The first-order valence-electron chi connectivity index (χ1n) is 5.95. The summed E-state index contributed by atoms with van der Waals surface area (Å²) in [5.41, 5.74) is 6.08. The SMILES string of the molecule is CC(O)C1CCN(S(=O)(=O)c2ccc(N)cc2)C1. The minimum Gasteiger partial charge on any atom is -0.399 e. The van der Waals surface area contributed by atoms with Crippen molar-refractivity contribution in [3.8, 4) is 0 Å². The predicted octanol–water partition coefficient (Wildman–Crippen LogP) is 0.660. The van der Waals surface area contributed by atoms with Gasteiger partial charge >= 0.3 is 0 Å². The number of aliphatic hydroxyl groups is 1. The summed E-state index contributed by atoms with van der Waals surface area (Å²) >= 11 is 0. The molecule has 1 fully saturated rings. The fraction of sp³-hybridized carbons (Fsp3) is 0.500. The van der Waals surface area contributed by atoms with Crippen molar-refractivity contribution < 1.29 is 13.5 Å². The van der Waals surface area contributed by atoms with Crippen LogP contribution >= 0.6 is 0 Å². The van der Waals surface area contributed by atoms with Crippen LogP contribution in [0.2, 0.25) is 0 Å². The van der Waals surface area contributed by atoms with E-state index in [2.05, 4.69) is 0 Å². The maximum absolute atomic E-state index is 12.3. The van der Waals surface area contributed by atoms with Gasteiger partial charge in [0.1, 0.15) is 0 Å². The van der Waals surface area contributed by atoms with Gasteiger partial charge < -0.3 is 10.8 Å². The van der Waals surface area contributed by atoms with Crippen molar-refractivity contribution in [2.75, 3.05) is 18.8 Å². The molecule has 2 rings (SSSR count). The lowest BCUT2D eigenvalue weighted by atomic mass is 10.0. The van der Waals surface area contributed by atoms with Crippen molar-refractivity contribution in [1.29, 1.82) is 0 Å². The second kappa shape index (κ2) is 4.87. The lowest BCUT2D eigenvalue weighted by Crippen LogP contribution is -2.30. The monoisotopic (exact) mass is 270 g/mol. The van der Waals surface area contributed by atoms with Crippen molar-refractivity contribution >= 4 is 15.7 Å². The number of aliphatic hydroxyl groups excluding tert-OH is 1. The molecule has 1 saturated heterocycles. The van der Waals surface area contributed by atoms with E-state index < -0.39 is 16.1 Å². The van der Waals surface area contributed by atoms with Crippen LogP contribution in [-0.2, 0) is 10.0 Å². The Bertz CT molecular complexity index is 511. The van der Waals surface area contributed by atoms with Gasteiger partial charge in [-0.2, -0.15) is 4.31 Å². The molecule has 0 spiro atoms. The minimum absolute atomic E-state index is 0.0218. The smallest absolute Gasteiger partial charge is 0.243 e. The van der Waals surface area contributed by atoms with Gasteiger partial charge in [-0.05, 0) is 43.5 Å². The molecule has 2 atom stereocenters. The van der Waals surface area contributed by atoms with Gasteiger partial charge in [0.15, 0.2) is 0 Å². The zero-order valence-corrected chi connectivity index (χ0v) is 11.1. The molecule has 18 heavy (non-hydrogen) atoms. The van der Waals surface area contributed by atoms with Crippen molar-refractivity contribution in [1.82, 2.24) is 4.31 Å². The van der Waals surface area contributed by atoms with Gasteiger partial charge in [0.2, 0.25) is 10.0 Å². The molecule has 2 unspecified atom stereocenters. The van der Waals surface area contributed by atoms with Crippen LogP contribution in [0.3, 0.4) is 0 Å². The zero-order chi connectivity index (χ0) is 13.3. The minimum atomic E-state index is -3.46. The second-order valence-corrected chi connectivity index (χ2v) is 6.66. The van der Waals surface area contributed by atoms with Crippen molar-refractivity contribution in [2.24, 2.45) is 5.92 Å². The molecular weight excluding hydrogens is 252 g/mol. The molecule has 100 valence electrons. The Morgan fingerprint density at radius 2 is 2.00 bits per heavy atom. The summed E-state index contributed by atoms with van der Waals surface area (Å²) in [5, 5.41) is 9.50. The highest BCUT2D eigenvalue weighted by Gasteiger charge is 2.34. The van der Waals surface area contributed by atoms with E-state index in [1.54, 1.807) is 19.1 Å². The number of sulfonamides is 1. The van der Waals surface area contributed by atoms with E-state index in [-0.39, 0.29) is 10.8 Å². The van der Waals surface area contributed by atoms with Gasteiger partial charge in [0.05, 0.1) is 11.0 Å². The van der Waals surface area contributed by atoms with Gasteiger partial charge in [0.25, 0.3) is 0 Å². The van der Waals surface area contributed by atoms with Crippen LogP contribution < -0.4 is 5.73 Å². The maximum Gasteiger partial charge on any atom is 0.243 e. The lowest BCUT2D eigenvalue weighted by Gasteiger charge is -2.17. The topological polar surface area (TPSA) is 83.6 Å². The highest BCUT2D eigenvalue weighted by molar-refractivity contribution is 7.89. The summed E-state index contributed by atoms with van der Waals surface area (Å²) in [6, 6.07) is 6.19. The normalized spacial score (nSPS) is 23.1. The summed E-state index contributed by atoms with van der Waals surface area (Å²) in [7, 11) is -3.46. The summed E-state index contributed by atoms with van der Waals surface area (Å²) < 4.78 is 26.1. The van der Waals surface area contributed by atoms with E-state index in [0.717, 1.165) is 0 Å². The molecule has 6 heteroatoms. The first kappa shape index (κ1) is 13.3. The molecule has 1 aromatic carbocycles. The van der Waals surface area contributed by atoms with Gasteiger partial charge in [-0.1, -0.05) is 0 Å². The summed E-state index contributed by atoms with van der Waals surface area (Å²) in [6.45, 7) is 2.54. The standard InChI is InChI=1S/C12H18N2O3S/c1-9(15)10-6-7-14(8-10)18(16,17)12-4-2-11(13)3-5-12/h2-5,9-10,15H,6-8,13H2,1H3. The number of nitrogen functional groups attached to an aromatic ring is 1. The number of nitrogens with two attached hydrogens (primary N) is 1. The van der Waals surface area contributed by atoms with Crippen LogP contribution in [0.5, 0.6) is 0 Å². The molecule has 5 nitrogen and oxygen atoms in total. The zero-order valence-electron chi connectivity index (χ0n) is 10.3. The van der Waals surface area contributed by atoms with E-state index in [4.69, 9.17) is 5.73 Å². The third kappa shape index (κ3) is 2.50. The van der Waals surface area contributed by atoms with Crippen LogP contribution in [0.15, 0.2) is 29.2 Å². The number of hydrogen-bond donors (Lipinski definition) is 2. The van der Waals surface area contributed by atoms with E-state index in [0.29, 0.717) is 25.2 Å². The van der Waals surface area contributed by atoms with E-state index in [1.807, 2.05) is 0 Å². The largest absolute Gasteiger partial charge is 0.399 e. The van der Waals surface area contributed by atoms with Gasteiger partial charge in [-0.3, -0.25) is 0 Å². The van der Waals surface area contributed by atoms with Crippen LogP contribution in [0, 0.1) is 5.92 Å². The molecule has 0 aliphatic carbocycles. The Labute approximate surface area is 107 Å². The summed E-state index contributed by atoms with van der Waals surface area (Å²) in [5.74, 6) is 0.0218. The maximum atomic E-state index is 12.3. The number of rotatable bonds is 3. The second-order valence-electron chi connectivity index (χ2n) is 4.72. The molecule has 0 bridgehead atoms. The summed E-state index contributed by atoms with van der Waals surface area (Å²) in [6.07, 6.45) is 0.225. The average Bonchev–Trinajstić information content (AvgIpc) is 2.79. The Morgan fingerprint density at radius 3 is 2.50 bits per heavy atom. The molecule has 1 aliphatic heterocycles. The molecule has 0 saturated carbocycles. The molecular formula is C12H18N2O3S. The highest BCUT2D eigenvalue weighted by atomic mass is 32.2. The molecule has 1 heterocycles. The van der Waals surface area contributed by atoms with Crippen LogP contribution in [0.1, 0.15) is 13.3 Å². The third-order valence-electron chi connectivity index (χ3n) is 3.39. The predicted molar refractivity (Wildman–Crippen MR) is 69.4 cm³/mol. The lowest BCUT2D eigenvalue weighted by molar-refractivity contribution is 0.133. The number of benzene rings is 1. The van der Waals surface area contributed by atoms with Crippen molar-refractivity contribution in [3.05, 3.63) is 24.3 Å². The van der Waals surface area contributed by atoms with Crippen molar-refractivity contribution in [2.45, 2.75) is 24.3 Å². The first-order chi connectivity index (χ1) is 8.41. The van der Waals surface area contributed by atoms with Crippen LogP contribution in [-0.4, -0.2) is 37.0 Å². The molecule has 3 N–H and O–H groups in total. The summed E-state index contributed by atoms with van der Waals surface area (Å²) in [4.78, 5) is 0.253.